The fourth-order valence-corrected chi connectivity index (χ4v) is 1.22. The molecule has 0 heterocycles. The van der Waals surface area contributed by atoms with Crippen LogP contribution >= 0.6 is 12.4 Å². The average molecular weight is 216 g/mol. The largest absolute Gasteiger partial charge is 0.508 e. The van der Waals surface area contributed by atoms with Gasteiger partial charge in [-0.1, -0.05) is 32.9 Å². The second-order valence-electron chi connectivity index (χ2n) is 4.44. The van der Waals surface area contributed by atoms with Crippen LogP contribution in [0.5, 0.6) is 5.75 Å². The summed E-state index contributed by atoms with van der Waals surface area (Å²) in [5, 5.41) is 9.27. The molecular weight excluding hydrogens is 198 g/mol. The van der Waals surface area contributed by atoms with E-state index in [0.717, 1.165) is 5.56 Å². The monoisotopic (exact) mass is 215 g/mol. The predicted molar refractivity (Wildman–Crippen MR) is 61.7 cm³/mol. The molecule has 2 nitrogen and oxygen atoms in total. The number of nitrogens with two attached hydrogens (primary N) is 1. The van der Waals surface area contributed by atoms with Crippen molar-refractivity contribution in [2.45, 2.75) is 26.8 Å². The molecule has 0 radical (unpaired) electrons. The fraction of sp³-hybridized carbons (Fsp3) is 0.455. The van der Waals surface area contributed by atoms with Gasteiger partial charge in [0.15, 0.2) is 0 Å². The Morgan fingerprint density at radius 1 is 1.29 bits per heavy atom. The van der Waals surface area contributed by atoms with Crippen molar-refractivity contribution in [3.63, 3.8) is 0 Å². The maximum atomic E-state index is 9.27. The van der Waals surface area contributed by atoms with Gasteiger partial charge < -0.3 is 10.8 Å². The highest BCUT2D eigenvalue weighted by Crippen LogP contribution is 2.31. The quantitative estimate of drug-likeness (QED) is 0.757. The molecule has 0 unspecified atom stereocenters. The third kappa shape index (κ3) is 3.20. The third-order valence-electron chi connectivity index (χ3n) is 2.16. The van der Waals surface area contributed by atoms with Crippen LogP contribution in [0.25, 0.3) is 0 Å². The summed E-state index contributed by atoms with van der Waals surface area (Å²) in [6, 6.07) is 7.08. The minimum Gasteiger partial charge on any atom is -0.508 e. The molecule has 1 atom stereocenters. The molecule has 14 heavy (non-hydrogen) atoms. The van der Waals surface area contributed by atoms with Crippen LogP contribution < -0.4 is 5.73 Å². The first-order chi connectivity index (χ1) is 5.91. The molecule has 0 bridgehead atoms. The summed E-state index contributed by atoms with van der Waals surface area (Å²) in [6.07, 6.45) is 0. The summed E-state index contributed by atoms with van der Waals surface area (Å²) in [6.45, 7) is 6.26. The van der Waals surface area contributed by atoms with Crippen molar-refractivity contribution in [2.24, 2.45) is 11.1 Å². The number of phenolic OH excluding ortho intramolecular Hbond substituents is 1. The van der Waals surface area contributed by atoms with Gasteiger partial charge in [0, 0.05) is 6.04 Å². The van der Waals surface area contributed by atoms with Gasteiger partial charge in [0.1, 0.15) is 5.75 Å². The van der Waals surface area contributed by atoms with Gasteiger partial charge in [-0.25, -0.2) is 0 Å². The van der Waals surface area contributed by atoms with Crippen LogP contribution in [0.1, 0.15) is 32.4 Å². The van der Waals surface area contributed by atoms with Gasteiger partial charge in [0.2, 0.25) is 0 Å². The van der Waals surface area contributed by atoms with Crippen LogP contribution in [-0.4, -0.2) is 5.11 Å². The standard InChI is InChI=1S/C11H17NO.ClH/c1-11(2,3)10(12)8-5-4-6-9(13)7-8;/h4-7,10,13H,12H2,1-3H3;1H/t10-;/m0./s1. The van der Waals surface area contributed by atoms with E-state index >= 15 is 0 Å². The lowest BCUT2D eigenvalue weighted by Crippen LogP contribution is -2.26. The number of rotatable bonds is 1. The Morgan fingerprint density at radius 3 is 2.29 bits per heavy atom. The van der Waals surface area contributed by atoms with Gasteiger partial charge in [-0.2, -0.15) is 0 Å². The Bertz CT molecular complexity index is 294. The molecule has 1 rings (SSSR count). The minimum atomic E-state index is -0.0420. The molecule has 80 valence electrons. The molecule has 1 aromatic carbocycles. The van der Waals surface area contributed by atoms with E-state index in [9.17, 15) is 5.11 Å². The van der Waals surface area contributed by atoms with Crippen LogP contribution in [0.2, 0.25) is 0 Å². The summed E-state index contributed by atoms with van der Waals surface area (Å²) in [5.41, 5.74) is 7.03. The number of hydrogen-bond acceptors (Lipinski definition) is 2. The molecular formula is C11H18ClNO. The first-order valence-electron chi connectivity index (χ1n) is 4.46. The average Bonchev–Trinajstić information content (AvgIpc) is 2.01. The highest BCUT2D eigenvalue weighted by molar-refractivity contribution is 5.85. The summed E-state index contributed by atoms with van der Waals surface area (Å²) < 4.78 is 0. The first kappa shape index (κ1) is 13.3. The van der Waals surface area contributed by atoms with Crippen molar-refractivity contribution in [1.82, 2.24) is 0 Å². The normalized spacial score (nSPS) is 13.1. The van der Waals surface area contributed by atoms with Crippen molar-refractivity contribution >= 4 is 12.4 Å². The molecule has 0 amide bonds. The molecule has 0 aliphatic carbocycles. The Kier molecular flexibility index (Phi) is 4.43. The van der Waals surface area contributed by atoms with Crippen LogP contribution in [-0.2, 0) is 0 Å². The molecule has 0 saturated heterocycles. The molecule has 0 saturated carbocycles. The summed E-state index contributed by atoms with van der Waals surface area (Å²) in [7, 11) is 0. The summed E-state index contributed by atoms with van der Waals surface area (Å²) in [5.74, 6) is 0.275. The zero-order valence-electron chi connectivity index (χ0n) is 8.82. The molecule has 0 spiro atoms. The zero-order valence-corrected chi connectivity index (χ0v) is 9.64. The van der Waals surface area contributed by atoms with Gasteiger partial charge >= 0.3 is 0 Å². The van der Waals surface area contributed by atoms with Gasteiger partial charge in [-0.05, 0) is 23.1 Å². The SMILES string of the molecule is CC(C)(C)[C@@H](N)c1cccc(O)c1.Cl. The first-order valence-corrected chi connectivity index (χ1v) is 4.46. The van der Waals surface area contributed by atoms with E-state index in [1.807, 2.05) is 12.1 Å². The lowest BCUT2D eigenvalue weighted by atomic mass is 9.83. The van der Waals surface area contributed by atoms with Crippen molar-refractivity contribution in [3.05, 3.63) is 29.8 Å². The smallest absolute Gasteiger partial charge is 0.115 e. The second-order valence-corrected chi connectivity index (χ2v) is 4.44. The van der Waals surface area contributed by atoms with Crippen LogP contribution in [0.3, 0.4) is 0 Å². The highest BCUT2D eigenvalue weighted by atomic mass is 35.5. The molecule has 0 aliphatic heterocycles. The van der Waals surface area contributed by atoms with E-state index in [1.165, 1.54) is 0 Å². The molecule has 3 heteroatoms. The Hall–Kier alpha value is -0.730. The Labute approximate surface area is 91.5 Å². The van der Waals surface area contributed by atoms with Gasteiger partial charge in [-0.3, -0.25) is 0 Å². The Morgan fingerprint density at radius 2 is 1.86 bits per heavy atom. The molecule has 1 aromatic rings. The van der Waals surface area contributed by atoms with Gasteiger partial charge in [0.25, 0.3) is 0 Å². The Balaban J connectivity index is 0.00000169. The second kappa shape index (κ2) is 4.67. The summed E-state index contributed by atoms with van der Waals surface area (Å²) >= 11 is 0. The molecule has 0 fully saturated rings. The lowest BCUT2D eigenvalue weighted by Gasteiger charge is -2.27. The minimum absolute atomic E-state index is 0. The van der Waals surface area contributed by atoms with E-state index in [-0.39, 0.29) is 29.6 Å². The zero-order chi connectivity index (χ0) is 10.1. The number of halogens is 1. The van der Waals surface area contributed by atoms with Crippen molar-refractivity contribution in [1.29, 1.82) is 0 Å². The number of benzene rings is 1. The van der Waals surface area contributed by atoms with E-state index < -0.39 is 0 Å². The third-order valence-corrected chi connectivity index (χ3v) is 2.16. The van der Waals surface area contributed by atoms with E-state index in [4.69, 9.17) is 5.73 Å². The topological polar surface area (TPSA) is 46.2 Å². The number of hydrogen-bond donors (Lipinski definition) is 2. The molecule has 0 aromatic heterocycles. The highest BCUT2D eigenvalue weighted by Gasteiger charge is 2.22. The van der Waals surface area contributed by atoms with E-state index in [0.29, 0.717) is 0 Å². The number of aromatic hydroxyl groups is 1. The fourth-order valence-electron chi connectivity index (χ4n) is 1.22. The van der Waals surface area contributed by atoms with Crippen molar-refractivity contribution in [3.8, 4) is 5.75 Å². The van der Waals surface area contributed by atoms with Crippen LogP contribution in [0.15, 0.2) is 24.3 Å². The maximum absolute atomic E-state index is 9.27. The van der Waals surface area contributed by atoms with Gasteiger partial charge in [0.05, 0.1) is 0 Å². The van der Waals surface area contributed by atoms with Gasteiger partial charge in [-0.15, -0.1) is 12.4 Å². The maximum Gasteiger partial charge on any atom is 0.115 e. The number of phenols is 1. The summed E-state index contributed by atoms with van der Waals surface area (Å²) in [4.78, 5) is 0. The van der Waals surface area contributed by atoms with E-state index in [2.05, 4.69) is 20.8 Å². The predicted octanol–water partition coefficient (Wildman–Crippen LogP) is 2.86. The van der Waals surface area contributed by atoms with Crippen LogP contribution in [0, 0.1) is 5.41 Å². The van der Waals surface area contributed by atoms with E-state index in [1.54, 1.807) is 12.1 Å². The molecule has 0 aliphatic rings. The lowest BCUT2D eigenvalue weighted by molar-refractivity contribution is 0.326. The van der Waals surface area contributed by atoms with Crippen molar-refractivity contribution in [2.75, 3.05) is 0 Å². The van der Waals surface area contributed by atoms with Crippen molar-refractivity contribution < 1.29 is 5.11 Å². The van der Waals surface area contributed by atoms with Crippen LogP contribution in [0.4, 0.5) is 0 Å². The molecule has 3 N–H and O–H groups in total.